The predicted molar refractivity (Wildman–Crippen MR) is 114 cm³/mol. The number of carbonyl (C=O) groups excluding carboxylic acids is 3. The summed E-state index contributed by atoms with van der Waals surface area (Å²) in [4.78, 5) is 41.1. The van der Waals surface area contributed by atoms with E-state index < -0.39 is 5.54 Å². The molecular weight excluding hydrogens is 378 g/mol. The molecule has 0 atom stereocenters. The lowest BCUT2D eigenvalue weighted by Crippen LogP contribution is -2.55. The molecule has 2 heterocycles. The summed E-state index contributed by atoms with van der Waals surface area (Å²) in [6.07, 6.45) is 4.20. The van der Waals surface area contributed by atoms with Crippen LogP contribution in [0.1, 0.15) is 29.5 Å². The number of carbonyl (C=O) groups is 3. The lowest BCUT2D eigenvalue weighted by atomic mass is 9.87. The number of hydrogen-bond acceptors (Lipinski definition) is 3. The lowest BCUT2D eigenvalue weighted by Gasteiger charge is -2.36. The molecule has 0 radical (unpaired) electrons. The first kappa shape index (κ1) is 19.9. The van der Waals surface area contributed by atoms with E-state index in [2.05, 4.69) is 5.32 Å². The van der Waals surface area contributed by atoms with E-state index in [1.807, 2.05) is 61.5 Å². The number of imide groups is 1. The molecule has 1 spiro atoms. The zero-order valence-corrected chi connectivity index (χ0v) is 17.0. The maximum Gasteiger partial charge on any atom is 0.325 e. The Morgan fingerprint density at radius 3 is 2.37 bits per heavy atom. The fourth-order valence-electron chi connectivity index (χ4n) is 3.98. The molecule has 30 heavy (non-hydrogen) atoms. The second-order valence-corrected chi connectivity index (χ2v) is 7.96. The number of urea groups is 1. The minimum absolute atomic E-state index is 0.0815. The molecule has 4 amide bonds. The first-order valence-corrected chi connectivity index (χ1v) is 10.2. The third-order valence-electron chi connectivity index (χ3n) is 5.85. The van der Waals surface area contributed by atoms with Crippen LogP contribution < -0.4 is 5.32 Å². The zero-order chi connectivity index (χ0) is 21.1. The number of nitrogens with one attached hydrogen (secondary N) is 1. The molecular formula is C24H25N3O3. The van der Waals surface area contributed by atoms with Crippen molar-refractivity contribution in [2.45, 2.75) is 31.8 Å². The van der Waals surface area contributed by atoms with Crippen LogP contribution in [-0.2, 0) is 16.1 Å². The Hall–Kier alpha value is -3.41. The van der Waals surface area contributed by atoms with Gasteiger partial charge in [0.15, 0.2) is 0 Å². The Morgan fingerprint density at radius 2 is 1.70 bits per heavy atom. The molecule has 2 aliphatic heterocycles. The monoisotopic (exact) mass is 403 g/mol. The number of likely N-dealkylation sites (tertiary alicyclic amines) is 1. The van der Waals surface area contributed by atoms with Crippen LogP contribution >= 0.6 is 0 Å². The van der Waals surface area contributed by atoms with Crippen molar-refractivity contribution < 1.29 is 14.4 Å². The molecule has 0 bridgehead atoms. The lowest BCUT2D eigenvalue weighted by molar-refractivity contribution is -0.136. The molecule has 0 unspecified atom stereocenters. The SMILES string of the molecule is Cc1ccc(CN2C(=O)NC3(CCN(C(=O)C=Cc4ccccc4)CC3)C2=O)cc1. The van der Waals surface area contributed by atoms with Crippen molar-refractivity contribution in [2.75, 3.05) is 13.1 Å². The van der Waals surface area contributed by atoms with Gasteiger partial charge in [0, 0.05) is 19.2 Å². The van der Waals surface area contributed by atoms with E-state index in [1.54, 1.807) is 17.1 Å². The third kappa shape index (κ3) is 3.99. The molecule has 2 aliphatic rings. The van der Waals surface area contributed by atoms with Crippen LogP contribution in [0, 0.1) is 6.92 Å². The normalized spacial score (nSPS) is 18.3. The van der Waals surface area contributed by atoms with E-state index in [-0.39, 0.29) is 24.4 Å². The van der Waals surface area contributed by atoms with Crippen molar-refractivity contribution in [2.24, 2.45) is 0 Å². The average Bonchev–Trinajstić information content (AvgIpc) is 2.99. The molecule has 2 saturated heterocycles. The standard InChI is InChI=1S/C24H25N3O3/c1-18-7-9-20(10-8-18)17-27-22(29)24(25-23(27)30)13-15-26(16-14-24)21(28)12-11-19-5-3-2-4-6-19/h2-12H,13-17H2,1H3,(H,25,30). The Morgan fingerprint density at radius 1 is 1.03 bits per heavy atom. The highest BCUT2D eigenvalue weighted by Crippen LogP contribution is 2.30. The molecule has 0 aromatic heterocycles. The van der Waals surface area contributed by atoms with E-state index in [4.69, 9.17) is 0 Å². The second-order valence-electron chi connectivity index (χ2n) is 7.96. The minimum Gasteiger partial charge on any atom is -0.339 e. The van der Waals surface area contributed by atoms with Gasteiger partial charge in [0.1, 0.15) is 5.54 Å². The van der Waals surface area contributed by atoms with Crippen LogP contribution in [0.4, 0.5) is 4.79 Å². The van der Waals surface area contributed by atoms with Gasteiger partial charge in [-0.1, -0.05) is 60.2 Å². The quantitative estimate of drug-likeness (QED) is 0.630. The first-order chi connectivity index (χ1) is 14.5. The van der Waals surface area contributed by atoms with Crippen molar-refractivity contribution >= 4 is 23.9 Å². The number of rotatable bonds is 4. The van der Waals surface area contributed by atoms with Crippen LogP contribution in [0.5, 0.6) is 0 Å². The van der Waals surface area contributed by atoms with E-state index in [0.29, 0.717) is 25.9 Å². The predicted octanol–water partition coefficient (Wildman–Crippen LogP) is 3.12. The molecule has 2 aromatic carbocycles. The summed E-state index contributed by atoms with van der Waals surface area (Å²) in [6.45, 7) is 3.12. The van der Waals surface area contributed by atoms with Gasteiger partial charge in [-0.25, -0.2) is 4.79 Å². The highest BCUT2D eigenvalue weighted by molar-refractivity contribution is 6.07. The number of amides is 4. The Bertz CT molecular complexity index is 975. The Labute approximate surface area is 176 Å². The topological polar surface area (TPSA) is 69.7 Å². The van der Waals surface area contributed by atoms with Crippen molar-refractivity contribution in [1.29, 1.82) is 0 Å². The van der Waals surface area contributed by atoms with Crippen LogP contribution in [0.25, 0.3) is 6.08 Å². The van der Waals surface area contributed by atoms with Gasteiger partial charge >= 0.3 is 6.03 Å². The van der Waals surface area contributed by atoms with Crippen molar-refractivity contribution in [3.8, 4) is 0 Å². The maximum absolute atomic E-state index is 13.1. The highest BCUT2D eigenvalue weighted by atomic mass is 16.2. The number of piperidine rings is 1. The number of aryl methyl sites for hydroxylation is 1. The summed E-state index contributed by atoms with van der Waals surface area (Å²) in [5.74, 6) is -0.276. The Balaban J connectivity index is 1.38. The summed E-state index contributed by atoms with van der Waals surface area (Å²) >= 11 is 0. The van der Waals surface area contributed by atoms with Gasteiger partial charge in [-0.2, -0.15) is 0 Å². The molecule has 0 saturated carbocycles. The molecule has 4 rings (SSSR count). The van der Waals surface area contributed by atoms with Crippen LogP contribution in [0.2, 0.25) is 0 Å². The van der Waals surface area contributed by atoms with Crippen LogP contribution in [0.15, 0.2) is 60.7 Å². The van der Waals surface area contributed by atoms with E-state index in [0.717, 1.165) is 16.7 Å². The average molecular weight is 403 g/mol. The van der Waals surface area contributed by atoms with Crippen molar-refractivity contribution in [3.05, 3.63) is 77.4 Å². The maximum atomic E-state index is 13.1. The number of nitrogens with zero attached hydrogens (tertiary/aromatic N) is 2. The van der Waals surface area contributed by atoms with Crippen LogP contribution in [-0.4, -0.2) is 46.3 Å². The zero-order valence-electron chi connectivity index (χ0n) is 17.0. The molecule has 6 nitrogen and oxygen atoms in total. The number of benzene rings is 2. The molecule has 0 aliphatic carbocycles. The van der Waals surface area contributed by atoms with Gasteiger partial charge in [-0.3, -0.25) is 14.5 Å². The summed E-state index contributed by atoms with van der Waals surface area (Å²) in [7, 11) is 0. The third-order valence-corrected chi connectivity index (χ3v) is 5.85. The van der Waals surface area contributed by atoms with E-state index in [9.17, 15) is 14.4 Å². The fourth-order valence-corrected chi connectivity index (χ4v) is 3.98. The summed E-state index contributed by atoms with van der Waals surface area (Å²) in [5.41, 5.74) is 2.11. The minimum atomic E-state index is -0.901. The largest absolute Gasteiger partial charge is 0.339 e. The van der Waals surface area contributed by atoms with Gasteiger partial charge in [0.05, 0.1) is 6.54 Å². The summed E-state index contributed by atoms with van der Waals surface area (Å²) < 4.78 is 0. The van der Waals surface area contributed by atoms with Gasteiger partial charge < -0.3 is 10.2 Å². The van der Waals surface area contributed by atoms with E-state index in [1.165, 1.54) is 4.90 Å². The van der Waals surface area contributed by atoms with Gasteiger partial charge in [0.2, 0.25) is 5.91 Å². The van der Waals surface area contributed by atoms with Gasteiger partial charge in [0.25, 0.3) is 5.91 Å². The van der Waals surface area contributed by atoms with Crippen molar-refractivity contribution in [1.82, 2.24) is 15.1 Å². The van der Waals surface area contributed by atoms with E-state index >= 15 is 0 Å². The summed E-state index contributed by atoms with van der Waals surface area (Å²) in [5, 5.41) is 2.90. The number of hydrogen-bond donors (Lipinski definition) is 1. The molecule has 2 aromatic rings. The smallest absolute Gasteiger partial charge is 0.325 e. The summed E-state index contributed by atoms with van der Waals surface area (Å²) in [6, 6.07) is 17.1. The molecule has 2 fully saturated rings. The second kappa shape index (κ2) is 8.14. The highest BCUT2D eigenvalue weighted by Gasteiger charge is 2.52. The van der Waals surface area contributed by atoms with Gasteiger partial charge in [-0.15, -0.1) is 0 Å². The fraction of sp³-hybridized carbons (Fsp3) is 0.292. The molecule has 154 valence electrons. The van der Waals surface area contributed by atoms with Crippen LogP contribution in [0.3, 0.4) is 0 Å². The Kier molecular flexibility index (Phi) is 5.40. The molecule has 6 heteroatoms. The first-order valence-electron chi connectivity index (χ1n) is 10.2. The molecule has 1 N–H and O–H groups in total. The van der Waals surface area contributed by atoms with Crippen molar-refractivity contribution in [3.63, 3.8) is 0 Å². The van der Waals surface area contributed by atoms with Gasteiger partial charge in [-0.05, 0) is 37.0 Å².